The van der Waals surface area contributed by atoms with Crippen molar-refractivity contribution >= 4 is 44.4 Å². The number of nitrogens with zero attached hydrogens (tertiary/aromatic N) is 1. The molecule has 1 heterocycles. The normalized spacial score (nSPS) is 12.3. The van der Waals surface area contributed by atoms with Crippen LogP contribution < -0.4 is 9.47 Å². The number of benzene rings is 2. The van der Waals surface area contributed by atoms with Crippen LogP contribution in [0.15, 0.2) is 40.9 Å². The van der Waals surface area contributed by atoms with E-state index in [0.29, 0.717) is 18.7 Å². The van der Waals surface area contributed by atoms with Crippen LogP contribution in [0, 0.1) is 3.57 Å². The average Bonchev–Trinajstić information content (AvgIpc) is 3.02. The van der Waals surface area contributed by atoms with Crippen molar-refractivity contribution in [1.82, 2.24) is 4.90 Å². The second-order valence-corrected chi connectivity index (χ2v) is 7.21. The Morgan fingerprint density at radius 3 is 2.78 bits per heavy atom. The molecule has 0 saturated carbocycles. The molecule has 0 spiro atoms. The first-order chi connectivity index (χ1) is 11.1. The van der Waals surface area contributed by atoms with Crippen LogP contribution in [-0.4, -0.2) is 24.1 Å². The molecule has 23 heavy (non-hydrogen) atoms. The number of carbonyl (C=O) groups excluding carboxylic acids is 1. The Hall–Kier alpha value is -1.28. The number of hydrogen-bond acceptors (Lipinski definition) is 3. The van der Waals surface area contributed by atoms with E-state index in [1.165, 1.54) is 0 Å². The summed E-state index contributed by atoms with van der Waals surface area (Å²) in [5.41, 5.74) is 1.73. The van der Waals surface area contributed by atoms with E-state index < -0.39 is 0 Å². The second kappa shape index (κ2) is 7.09. The largest absolute Gasteiger partial charge is 0.454 e. The molecule has 1 amide bonds. The van der Waals surface area contributed by atoms with E-state index in [0.717, 1.165) is 25.1 Å². The Morgan fingerprint density at radius 2 is 2.00 bits per heavy atom. The molecule has 0 radical (unpaired) electrons. The predicted molar refractivity (Wildman–Crippen MR) is 99.8 cm³/mol. The minimum absolute atomic E-state index is 0.0240. The quantitative estimate of drug-likeness (QED) is 0.598. The Morgan fingerprint density at radius 1 is 1.22 bits per heavy atom. The molecule has 6 heteroatoms. The highest BCUT2D eigenvalue weighted by molar-refractivity contribution is 14.1. The molecule has 0 bridgehead atoms. The summed E-state index contributed by atoms with van der Waals surface area (Å²) in [6.45, 7) is 3.41. The van der Waals surface area contributed by atoms with Gasteiger partial charge in [-0.3, -0.25) is 4.79 Å². The van der Waals surface area contributed by atoms with E-state index >= 15 is 0 Å². The van der Waals surface area contributed by atoms with Crippen molar-refractivity contribution in [2.45, 2.75) is 13.5 Å². The van der Waals surface area contributed by atoms with Gasteiger partial charge in [0, 0.05) is 21.1 Å². The van der Waals surface area contributed by atoms with Crippen molar-refractivity contribution in [1.29, 1.82) is 0 Å². The number of ether oxygens (including phenoxy) is 2. The number of hydrogen-bond donors (Lipinski definition) is 0. The first-order valence-electron chi connectivity index (χ1n) is 7.21. The van der Waals surface area contributed by atoms with Crippen LogP contribution in [0.1, 0.15) is 22.8 Å². The van der Waals surface area contributed by atoms with Crippen LogP contribution in [0.25, 0.3) is 0 Å². The summed E-state index contributed by atoms with van der Waals surface area (Å²) < 4.78 is 12.6. The van der Waals surface area contributed by atoms with Gasteiger partial charge in [0.25, 0.3) is 5.91 Å². The molecule has 1 aliphatic heterocycles. The molecule has 1 aliphatic rings. The topological polar surface area (TPSA) is 38.8 Å². The maximum Gasteiger partial charge on any atom is 0.255 e. The number of halogens is 2. The Kier molecular flexibility index (Phi) is 5.11. The molecule has 0 aromatic heterocycles. The lowest BCUT2D eigenvalue weighted by Gasteiger charge is -2.22. The molecular weight excluding hydrogens is 473 g/mol. The lowest BCUT2D eigenvalue weighted by atomic mass is 10.1. The summed E-state index contributed by atoms with van der Waals surface area (Å²) in [4.78, 5) is 14.7. The van der Waals surface area contributed by atoms with Crippen LogP contribution in [0.4, 0.5) is 0 Å². The fourth-order valence-electron chi connectivity index (χ4n) is 2.42. The Labute approximate surface area is 157 Å². The van der Waals surface area contributed by atoms with Crippen molar-refractivity contribution in [3.8, 4) is 11.5 Å². The van der Waals surface area contributed by atoms with Gasteiger partial charge in [-0.25, -0.2) is 0 Å². The monoisotopic (exact) mass is 487 g/mol. The molecular formula is C17H15BrINO3. The lowest BCUT2D eigenvalue weighted by molar-refractivity contribution is 0.0751. The van der Waals surface area contributed by atoms with Gasteiger partial charge in [-0.05, 0) is 65.4 Å². The molecule has 0 unspecified atom stereocenters. The van der Waals surface area contributed by atoms with Crippen molar-refractivity contribution < 1.29 is 14.3 Å². The summed E-state index contributed by atoms with van der Waals surface area (Å²) in [7, 11) is 0. The van der Waals surface area contributed by atoms with Gasteiger partial charge in [0.15, 0.2) is 11.5 Å². The molecule has 2 aromatic carbocycles. The average molecular weight is 488 g/mol. The van der Waals surface area contributed by atoms with Gasteiger partial charge in [-0.1, -0.05) is 22.0 Å². The van der Waals surface area contributed by atoms with Gasteiger partial charge in [-0.2, -0.15) is 0 Å². The molecule has 0 fully saturated rings. The van der Waals surface area contributed by atoms with E-state index in [4.69, 9.17) is 9.47 Å². The zero-order valence-corrected chi connectivity index (χ0v) is 16.3. The van der Waals surface area contributed by atoms with E-state index in [9.17, 15) is 4.79 Å². The van der Waals surface area contributed by atoms with E-state index in [2.05, 4.69) is 38.5 Å². The number of carbonyl (C=O) groups is 1. The number of rotatable bonds is 4. The molecule has 0 atom stereocenters. The minimum atomic E-state index is 0.0240. The van der Waals surface area contributed by atoms with E-state index in [1.54, 1.807) is 0 Å². The molecule has 0 N–H and O–H groups in total. The zero-order valence-electron chi connectivity index (χ0n) is 12.5. The Balaban J connectivity index is 1.82. The fourth-order valence-corrected chi connectivity index (χ4v) is 3.35. The summed E-state index contributed by atoms with van der Waals surface area (Å²) in [6, 6.07) is 11.5. The third kappa shape index (κ3) is 3.63. The zero-order chi connectivity index (χ0) is 16.4. The predicted octanol–water partition coefficient (Wildman–Crippen LogP) is 4.44. The maximum atomic E-state index is 12.8. The molecule has 4 nitrogen and oxygen atoms in total. The third-order valence-corrected chi connectivity index (χ3v) is 5.07. The van der Waals surface area contributed by atoms with Gasteiger partial charge in [-0.15, -0.1) is 0 Å². The molecule has 3 rings (SSSR count). The maximum absolute atomic E-state index is 12.8. The van der Waals surface area contributed by atoms with Crippen LogP contribution >= 0.6 is 38.5 Å². The van der Waals surface area contributed by atoms with Crippen molar-refractivity contribution in [2.75, 3.05) is 13.3 Å². The van der Waals surface area contributed by atoms with Crippen LogP contribution in [-0.2, 0) is 6.54 Å². The highest BCUT2D eigenvalue weighted by atomic mass is 127. The second-order valence-electron chi connectivity index (χ2n) is 5.13. The Bertz CT molecular complexity index is 751. The van der Waals surface area contributed by atoms with Crippen LogP contribution in [0.2, 0.25) is 0 Å². The van der Waals surface area contributed by atoms with E-state index in [-0.39, 0.29) is 12.7 Å². The number of fused-ring (bicyclic) bond motifs is 1. The van der Waals surface area contributed by atoms with Gasteiger partial charge < -0.3 is 14.4 Å². The minimum Gasteiger partial charge on any atom is -0.454 e. The first kappa shape index (κ1) is 16.6. The van der Waals surface area contributed by atoms with Gasteiger partial charge in [0.1, 0.15) is 0 Å². The fraction of sp³-hybridized carbons (Fsp3) is 0.235. The standard InChI is InChI=1S/C17H15BrINO3/c1-2-20(17(21)13-8-12(18)4-5-14(13)19)9-11-3-6-15-16(7-11)23-10-22-15/h3-8H,2,9-10H2,1H3. The summed E-state index contributed by atoms with van der Waals surface area (Å²) in [5.74, 6) is 1.52. The highest BCUT2D eigenvalue weighted by Crippen LogP contribution is 2.33. The van der Waals surface area contributed by atoms with Crippen molar-refractivity contribution in [2.24, 2.45) is 0 Å². The van der Waals surface area contributed by atoms with Crippen LogP contribution in [0.5, 0.6) is 11.5 Å². The molecule has 2 aromatic rings. The summed E-state index contributed by atoms with van der Waals surface area (Å²) in [6.07, 6.45) is 0. The van der Waals surface area contributed by atoms with Crippen molar-refractivity contribution in [3.05, 3.63) is 55.6 Å². The van der Waals surface area contributed by atoms with Gasteiger partial charge >= 0.3 is 0 Å². The van der Waals surface area contributed by atoms with Crippen molar-refractivity contribution in [3.63, 3.8) is 0 Å². The number of amides is 1. The van der Waals surface area contributed by atoms with Gasteiger partial charge in [0.05, 0.1) is 5.56 Å². The molecule has 0 saturated heterocycles. The lowest BCUT2D eigenvalue weighted by Crippen LogP contribution is -2.30. The SMILES string of the molecule is CCN(Cc1ccc2c(c1)OCO2)C(=O)c1cc(Br)ccc1I. The summed E-state index contributed by atoms with van der Waals surface area (Å²) >= 11 is 5.62. The van der Waals surface area contributed by atoms with E-state index in [1.807, 2.05) is 48.2 Å². The first-order valence-corrected chi connectivity index (χ1v) is 9.08. The smallest absolute Gasteiger partial charge is 0.255 e. The molecule has 0 aliphatic carbocycles. The molecule has 120 valence electrons. The van der Waals surface area contributed by atoms with Crippen LogP contribution in [0.3, 0.4) is 0 Å². The summed E-state index contributed by atoms with van der Waals surface area (Å²) in [5, 5.41) is 0. The van der Waals surface area contributed by atoms with Gasteiger partial charge in [0.2, 0.25) is 6.79 Å². The third-order valence-electron chi connectivity index (χ3n) is 3.64. The highest BCUT2D eigenvalue weighted by Gasteiger charge is 2.19.